The molecule has 0 heterocycles. The zero-order valence-electron chi connectivity index (χ0n) is 9.84. The highest BCUT2D eigenvalue weighted by Crippen LogP contribution is 2.21. The topological polar surface area (TPSA) is 132 Å². The molecule has 0 aliphatic rings. The van der Waals surface area contributed by atoms with Gasteiger partial charge in [0.15, 0.2) is 0 Å². The summed E-state index contributed by atoms with van der Waals surface area (Å²) in [6.07, 6.45) is -0.0214. The monoisotopic (exact) mass is 311 g/mol. The van der Waals surface area contributed by atoms with E-state index in [9.17, 15) is 21.2 Å². The molecule has 0 spiro atoms. The minimum Gasteiger partial charge on any atom is -0.398 e. The van der Waals surface area contributed by atoms with E-state index in [0.717, 1.165) is 6.07 Å². The van der Waals surface area contributed by atoms with Crippen molar-refractivity contribution in [2.45, 2.75) is 11.3 Å². The van der Waals surface area contributed by atoms with Gasteiger partial charge in [0.05, 0.1) is 11.4 Å². The molecule has 0 amide bonds. The van der Waals surface area contributed by atoms with E-state index in [-0.39, 0.29) is 24.4 Å². The lowest BCUT2D eigenvalue weighted by Crippen LogP contribution is -2.28. The van der Waals surface area contributed by atoms with Gasteiger partial charge in [0.1, 0.15) is 10.7 Å². The van der Waals surface area contributed by atoms with Crippen molar-refractivity contribution in [2.24, 2.45) is 5.14 Å². The maximum absolute atomic E-state index is 13.4. The Balaban J connectivity index is 2.77. The number of halogens is 1. The number of nitrogen functional groups attached to an aromatic ring is 1. The number of nitrogens with one attached hydrogen (secondary N) is 1. The summed E-state index contributed by atoms with van der Waals surface area (Å²) in [5, 5.41) is 4.76. The molecule has 5 N–H and O–H groups in total. The number of anilines is 1. The largest absolute Gasteiger partial charge is 0.398 e. The second-order valence-electron chi connectivity index (χ2n) is 3.78. The van der Waals surface area contributed by atoms with Crippen LogP contribution in [-0.4, -0.2) is 29.1 Å². The van der Waals surface area contributed by atoms with E-state index in [1.165, 1.54) is 12.1 Å². The summed E-state index contributed by atoms with van der Waals surface area (Å²) in [6.45, 7) is -0.188. The first-order valence-electron chi connectivity index (χ1n) is 5.17. The van der Waals surface area contributed by atoms with Crippen LogP contribution in [0, 0.1) is 5.82 Å². The number of benzene rings is 1. The van der Waals surface area contributed by atoms with Crippen molar-refractivity contribution in [3.63, 3.8) is 0 Å². The summed E-state index contributed by atoms with van der Waals surface area (Å²) in [4.78, 5) is -0.648. The van der Waals surface area contributed by atoms with Crippen molar-refractivity contribution in [3.05, 3.63) is 24.0 Å². The third-order valence-electron chi connectivity index (χ3n) is 2.16. The van der Waals surface area contributed by atoms with Crippen molar-refractivity contribution in [1.82, 2.24) is 4.72 Å². The van der Waals surface area contributed by atoms with Gasteiger partial charge in [-0.25, -0.2) is 31.1 Å². The fourth-order valence-corrected chi connectivity index (χ4v) is 3.17. The fraction of sp³-hybridized carbons (Fsp3) is 0.333. The van der Waals surface area contributed by atoms with Gasteiger partial charge in [-0.15, -0.1) is 0 Å². The predicted molar refractivity (Wildman–Crippen MR) is 68.6 cm³/mol. The van der Waals surface area contributed by atoms with E-state index in [0.29, 0.717) is 0 Å². The molecule has 7 nitrogen and oxygen atoms in total. The molecule has 0 aliphatic heterocycles. The van der Waals surface area contributed by atoms with Gasteiger partial charge in [-0.3, -0.25) is 0 Å². The van der Waals surface area contributed by atoms with Crippen molar-refractivity contribution in [3.8, 4) is 0 Å². The van der Waals surface area contributed by atoms with Crippen LogP contribution in [0.5, 0.6) is 0 Å². The summed E-state index contributed by atoms with van der Waals surface area (Å²) >= 11 is 0. The molecular weight excluding hydrogens is 297 g/mol. The summed E-state index contributed by atoms with van der Waals surface area (Å²) in [5.41, 5.74) is 5.18. The molecule has 0 saturated carbocycles. The highest BCUT2D eigenvalue weighted by atomic mass is 32.2. The highest BCUT2D eigenvalue weighted by Gasteiger charge is 2.21. The molecule has 108 valence electrons. The van der Waals surface area contributed by atoms with Crippen molar-refractivity contribution >= 4 is 25.7 Å². The quantitative estimate of drug-likeness (QED) is 0.475. The fourth-order valence-electron chi connectivity index (χ4n) is 1.36. The van der Waals surface area contributed by atoms with Gasteiger partial charge in [-0.2, -0.15) is 0 Å². The molecule has 0 fully saturated rings. The van der Waals surface area contributed by atoms with E-state index >= 15 is 0 Å². The van der Waals surface area contributed by atoms with Gasteiger partial charge in [-0.05, 0) is 18.6 Å². The minimum atomic E-state index is -4.12. The average molecular weight is 311 g/mol. The summed E-state index contributed by atoms with van der Waals surface area (Å²) in [7, 11) is -7.78. The van der Waals surface area contributed by atoms with Crippen LogP contribution in [0.25, 0.3) is 0 Å². The van der Waals surface area contributed by atoms with Crippen LogP contribution < -0.4 is 15.6 Å². The molecule has 0 atom stereocenters. The Kier molecular flexibility index (Phi) is 4.85. The molecule has 1 rings (SSSR count). The summed E-state index contributed by atoms with van der Waals surface area (Å²) in [6, 6.07) is 3.50. The number of hydrogen-bond acceptors (Lipinski definition) is 5. The van der Waals surface area contributed by atoms with Gasteiger partial charge >= 0.3 is 0 Å². The zero-order valence-corrected chi connectivity index (χ0v) is 11.5. The molecule has 19 heavy (non-hydrogen) atoms. The molecular formula is C9H14FN3O4S2. The van der Waals surface area contributed by atoms with Crippen LogP contribution in [-0.2, 0) is 20.0 Å². The molecule has 0 bridgehead atoms. The maximum atomic E-state index is 13.4. The number of hydrogen-bond donors (Lipinski definition) is 3. The van der Waals surface area contributed by atoms with Crippen LogP contribution in [0.2, 0.25) is 0 Å². The van der Waals surface area contributed by atoms with E-state index in [1.54, 1.807) is 0 Å². The lowest BCUT2D eigenvalue weighted by atomic mass is 10.3. The van der Waals surface area contributed by atoms with Crippen LogP contribution in [0.1, 0.15) is 6.42 Å². The summed E-state index contributed by atoms with van der Waals surface area (Å²) < 4.78 is 60.4. The Morgan fingerprint density at radius 1 is 1.21 bits per heavy atom. The van der Waals surface area contributed by atoms with Gasteiger partial charge in [-0.1, -0.05) is 6.07 Å². The molecule has 1 aromatic rings. The first kappa shape index (κ1) is 15.8. The smallest absolute Gasteiger partial charge is 0.245 e. The SMILES string of the molecule is Nc1cccc(F)c1S(=O)(=O)NCCCS(N)(=O)=O. The zero-order chi connectivity index (χ0) is 14.7. The molecule has 0 unspecified atom stereocenters. The second kappa shape index (κ2) is 5.82. The molecule has 0 saturated heterocycles. The Labute approximate surface area is 110 Å². The standard InChI is InChI=1S/C9H14FN3O4S2/c10-7-3-1-4-8(11)9(7)19(16,17)13-5-2-6-18(12,14)15/h1,3-4,13H,2,5-6,11H2,(H2,12,14,15). The normalized spacial score (nSPS) is 12.5. The van der Waals surface area contributed by atoms with Crippen LogP contribution in [0.3, 0.4) is 0 Å². The van der Waals surface area contributed by atoms with Gasteiger partial charge < -0.3 is 5.73 Å². The molecule has 0 aliphatic carbocycles. The third kappa shape index (κ3) is 4.74. The van der Waals surface area contributed by atoms with E-state index < -0.39 is 30.8 Å². The molecule has 1 aromatic carbocycles. The number of nitrogens with two attached hydrogens (primary N) is 2. The highest BCUT2D eigenvalue weighted by molar-refractivity contribution is 7.89. The first-order chi connectivity index (χ1) is 8.63. The Morgan fingerprint density at radius 3 is 2.37 bits per heavy atom. The van der Waals surface area contributed by atoms with Crippen molar-refractivity contribution < 1.29 is 21.2 Å². The lowest BCUT2D eigenvalue weighted by molar-refractivity contribution is 0.556. The Morgan fingerprint density at radius 2 is 1.84 bits per heavy atom. The van der Waals surface area contributed by atoms with Crippen LogP contribution >= 0.6 is 0 Å². The number of primary sulfonamides is 1. The number of sulfonamides is 2. The minimum absolute atomic E-state index is 0.0214. The Hall–Kier alpha value is -1.23. The number of rotatable bonds is 6. The van der Waals surface area contributed by atoms with E-state index in [2.05, 4.69) is 4.72 Å². The van der Waals surface area contributed by atoms with Gasteiger partial charge in [0.2, 0.25) is 20.0 Å². The van der Waals surface area contributed by atoms with E-state index in [4.69, 9.17) is 10.9 Å². The average Bonchev–Trinajstić information content (AvgIpc) is 2.22. The van der Waals surface area contributed by atoms with Gasteiger partial charge in [0.25, 0.3) is 0 Å². The molecule has 0 radical (unpaired) electrons. The third-order valence-corrected chi connectivity index (χ3v) is 4.57. The maximum Gasteiger partial charge on any atom is 0.245 e. The Bertz CT molecular complexity index is 638. The van der Waals surface area contributed by atoms with Gasteiger partial charge in [0, 0.05) is 6.54 Å². The van der Waals surface area contributed by atoms with Crippen LogP contribution in [0.4, 0.5) is 10.1 Å². The molecule has 10 heteroatoms. The first-order valence-corrected chi connectivity index (χ1v) is 8.37. The lowest BCUT2D eigenvalue weighted by Gasteiger charge is -2.09. The van der Waals surface area contributed by atoms with Crippen molar-refractivity contribution in [2.75, 3.05) is 18.0 Å². The van der Waals surface area contributed by atoms with E-state index in [1.807, 2.05) is 0 Å². The van der Waals surface area contributed by atoms with Crippen LogP contribution in [0.15, 0.2) is 23.1 Å². The molecule has 0 aromatic heterocycles. The predicted octanol–water partition coefficient (Wildman–Crippen LogP) is -0.635. The van der Waals surface area contributed by atoms with Crippen molar-refractivity contribution in [1.29, 1.82) is 0 Å². The summed E-state index contributed by atoms with van der Waals surface area (Å²) in [5.74, 6) is -1.35. The second-order valence-corrected chi connectivity index (χ2v) is 7.21.